The number of furan rings is 1. The van der Waals surface area contributed by atoms with Crippen molar-refractivity contribution in [1.29, 1.82) is 0 Å². The smallest absolute Gasteiger partial charge is 0.258 e. The zero-order chi connectivity index (χ0) is 18.2. The summed E-state index contributed by atoms with van der Waals surface area (Å²) in [7, 11) is 0. The average Bonchev–Trinajstić information content (AvgIpc) is 3.10. The molecule has 2 aromatic rings. The summed E-state index contributed by atoms with van der Waals surface area (Å²) in [5.41, 5.74) is 1.12. The summed E-state index contributed by atoms with van der Waals surface area (Å²) in [4.78, 5) is 24.4. The minimum absolute atomic E-state index is 0.0556. The third kappa shape index (κ3) is 5.99. The summed E-state index contributed by atoms with van der Waals surface area (Å²) in [6.45, 7) is 5.87. The maximum absolute atomic E-state index is 12.3. The lowest BCUT2D eigenvalue weighted by atomic mass is 10.0. The quantitative estimate of drug-likeness (QED) is 0.771. The van der Waals surface area contributed by atoms with E-state index in [4.69, 9.17) is 9.15 Å². The third-order valence-corrected chi connectivity index (χ3v) is 3.67. The average molecular weight is 344 g/mol. The van der Waals surface area contributed by atoms with Gasteiger partial charge in [0.25, 0.3) is 5.91 Å². The van der Waals surface area contributed by atoms with Gasteiger partial charge in [-0.25, -0.2) is 0 Å². The van der Waals surface area contributed by atoms with Crippen LogP contribution in [0.4, 0.5) is 0 Å². The Balaban J connectivity index is 1.83. The molecule has 1 aromatic carbocycles. The molecule has 0 radical (unpaired) electrons. The Kier molecular flexibility index (Phi) is 6.62. The van der Waals surface area contributed by atoms with Gasteiger partial charge in [-0.05, 0) is 37.1 Å². The zero-order valence-electron chi connectivity index (χ0n) is 14.7. The fourth-order valence-electron chi connectivity index (χ4n) is 2.23. The largest absolute Gasteiger partial charge is 0.484 e. The first-order chi connectivity index (χ1) is 12.0. The SMILES string of the molecule is Cc1ccc(OCC(=O)N[C@H](C(=O)NCc2ccco2)C(C)C)cc1. The lowest BCUT2D eigenvalue weighted by Gasteiger charge is -2.21. The molecule has 1 aromatic heterocycles. The Hall–Kier alpha value is -2.76. The Bertz CT molecular complexity index is 678. The van der Waals surface area contributed by atoms with Gasteiger partial charge in [0.1, 0.15) is 17.6 Å². The minimum Gasteiger partial charge on any atom is -0.484 e. The first-order valence-corrected chi connectivity index (χ1v) is 8.24. The van der Waals surface area contributed by atoms with E-state index in [2.05, 4.69) is 10.6 Å². The molecule has 0 aliphatic carbocycles. The van der Waals surface area contributed by atoms with Crippen LogP contribution in [-0.4, -0.2) is 24.5 Å². The van der Waals surface area contributed by atoms with Crippen LogP contribution in [0.3, 0.4) is 0 Å². The molecule has 6 nitrogen and oxygen atoms in total. The highest BCUT2D eigenvalue weighted by Gasteiger charge is 2.24. The fraction of sp³-hybridized carbons (Fsp3) is 0.368. The van der Waals surface area contributed by atoms with E-state index in [1.54, 1.807) is 30.5 Å². The number of hydrogen-bond acceptors (Lipinski definition) is 4. The molecule has 1 atom stereocenters. The number of carbonyl (C=O) groups excluding carboxylic acids is 2. The van der Waals surface area contributed by atoms with Gasteiger partial charge < -0.3 is 19.8 Å². The van der Waals surface area contributed by atoms with Crippen molar-refractivity contribution in [3.63, 3.8) is 0 Å². The van der Waals surface area contributed by atoms with Crippen molar-refractivity contribution in [2.45, 2.75) is 33.4 Å². The van der Waals surface area contributed by atoms with E-state index in [0.717, 1.165) is 5.56 Å². The van der Waals surface area contributed by atoms with Crippen LogP contribution in [0.25, 0.3) is 0 Å². The van der Waals surface area contributed by atoms with Crippen LogP contribution in [0, 0.1) is 12.8 Å². The summed E-state index contributed by atoms with van der Waals surface area (Å²) in [6, 6.07) is 10.3. The maximum Gasteiger partial charge on any atom is 0.258 e. The van der Waals surface area contributed by atoms with E-state index in [-0.39, 0.29) is 30.9 Å². The molecule has 0 spiro atoms. The van der Waals surface area contributed by atoms with E-state index in [9.17, 15) is 9.59 Å². The molecule has 0 fully saturated rings. The molecule has 25 heavy (non-hydrogen) atoms. The Morgan fingerprint density at radius 1 is 1.16 bits per heavy atom. The number of rotatable bonds is 8. The molecule has 0 aliphatic heterocycles. The Morgan fingerprint density at radius 3 is 2.48 bits per heavy atom. The topological polar surface area (TPSA) is 80.6 Å². The van der Waals surface area contributed by atoms with Crippen molar-refractivity contribution in [2.24, 2.45) is 5.92 Å². The van der Waals surface area contributed by atoms with Gasteiger partial charge in [-0.15, -0.1) is 0 Å². The van der Waals surface area contributed by atoms with Crippen LogP contribution < -0.4 is 15.4 Å². The van der Waals surface area contributed by atoms with Gasteiger partial charge in [-0.1, -0.05) is 31.5 Å². The van der Waals surface area contributed by atoms with Gasteiger partial charge in [-0.3, -0.25) is 9.59 Å². The summed E-state index contributed by atoms with van der Waals surface area (Å²) < 4.78 is 10.6. The number of amides is 2. The molecule has 2 N–H and O–H groups in total. The van der Waals surface area contributed by atoms with Gasteiger partial charge in [0.2, 0.25) is 5.91 Å². The van der Waals surface area contributed by atoms with Crippen molar-refractivity contribution in [1.82, 2.24) is 10.6 Å². The summed E-state index contributed by atoms with van der Waals surface area (Å²) in [6.07, 6.45) is 1.55. The monoisotopic (exact) mass is 344 g/mol. The van der Waals surface area contributed by atoms with Crippen molar-refractivity contribution in [3.05, 3.63) is 54.0 Å². The summed E-state index contributed by atoms with van der Waals surface area (Å²) >= 11 is 0. The zero-order valence-corrected chi connectivity index (χ0v) is 14.7. The lowest BCUT2D eigenvalue weighted by Crippen LogP contribution is -2.50. The number of hydrogen-bond donors (Lipinski definition) is 2. The molecular weight excluding hydrogens is 320 g/mol. The van der Waals surface area contributed by atoms with Gasteiger partial charge in [0, 0.05) is 0 Å². The normalized spacial score (nSPS) is 11.8. The number of benzene rings is 1. The van der Waals surface area contributed by atoms with Crippen molar-refractivity contribution in [3.8, 4) is 5.75 Å². The molecule has 0 saturated carbocycles. The van der Waals surface area contributed by atoms with Crippen LogP contribution in [0.1, 0.15) is 25.2 Å². The van der Waals surface area contributed by atoms with E-state index in [1.165, 1.54) is 0 Å². The summed E-state index contributed by atoms with van der Waals surface area (Å²) in [5.74, 6) is 0.622. The standard InChI is InChI=1S/C19H24N2O4/c1-13(2)18(19(23)20-11-16-5-4-10-24-16)21-17(22)12-25-15-8-6-14(3)7-9-15/h4-10,13,18H,11-12H2,1-3H3,(H,20,23)(H,21,22)/t18-/m0/s1. The van der Waals surface area contributed by atoms with E-state index >= 15 is 0 Å². The first kappa shape index (κ1) is 18.6. The van der Waals surface area contributed by atoms with Crippen LogP contribution in [-0.2, 0) is 16.1 Å². The predicted octanol–water partition coefficient (Wildman–Crippen LogP) is 2.42. The molecule has 0 aliphatic rings. The Labute approximate surface area is 147 Å². The molecule has 1 heterocycles. The number of aryl methyl sites for hydroxylation is 1. The highest BCUT2D eigenvalue weighted by Crippen LogP contribution is 2.11. The van der Waals surface area contributed by atoms with Crippen molar-refractivity contribution < 1.29 is 18.7 Å². The molecule has 2 rings (SSSR count). The second kappa shape index (κ2) is 8.92. The number of nitrogens with one attached hydrogen (secondary N) is 2. The fourth-order valence-corrected chi connectivity index (χ4v) is 2.23. The highest BCUT2D eigenvalue weighted by molar-refractivity contribution is 5.88. The maximum atomic E-state index is 12.3. The van der Waals surface area contributed by atoms with Gasteiger partial charge in [0.05, 0.1) is 12.8 Å². The summed E-state index contributed by atoms with van der Waals surface area (Å²) in [5, 5.41) is 5.49. The number of ether oxygens (including phenoxy) is 1. The molecular formula is C19H24N2O4. The van der Waals surface area contributed by atoms with E-state index in [1.807, 2.05) is 32.9 Å². The van der Waals surface area contributed by atoms with Gasteiger partial charge in [-0.2, -0.15) is 0 Å². The first-order valence-electron chi connectivity index (χ1n) is 8.24. The molecule has 0 saturated heterocycles. The van der Waals surface area contributed by atoms with Gasteiger partial charge in [0.15, 0.2) is 6.61 Å². The molecule has 2 amide bonds. The third-order valence-electron chi connectivity index (χ3n) is 3.67. The lowest BCUT2D eigenvalue weighted by molar-refractivity contribution is -0.131. The van der Waals surface area contributed by atoms with Gasteiger partial charge >= 0.3 is 0 Å². The predicted molar refractivity (Wildman–Crippen MR) is 94.0 cm³/mol. The van der Waals surface area contributed by atoms with Crippen LogP contribution in [0.15, 0.2) is 47.1 Å². The van der Waals surface area contributed by atoms with E-state index in [0.29, 0.717) is 11.5 Å². The van der Waals surface area contributed by atoms with Crippen LogP contribution >= 0.6 is 0 Å². The van der Waals surface area contributed by atoms with Crippen molar-refractivity contribution in [2.75, 3.05) is 6.61 Å². The van der Waals surface area contributed by atoms with Crippen LogP contribution in [0.2, 0.25) is 0 Å². The molecule has 0 bridgehead atoms. The molecule has 134 valence electrons. The van der Waals surface area contributed by atoms with E-state index < -0.39 is 6.04 Å². The number of carbonyl (C=O) groups is 2. The second-order valence-corrected chi connectivity index (χ2v) is 6.19. The Morgan fingerprint density at radius 2 is 1.88 bits per heavy atom. The molecule has 6 heteroatoms. The second-order valence-electron chi connectivity index (χ2n) is 6.19. The molecule has 0 unspecified atom stereocenters. The highest BCUT2D eigenvalue weighted by atomic mass is 16.5. The van der Waals surface area contributed by atoms with Crippen molar-refractivity contribution >= 4 is 11.8 Å². The minimum atomic E-state index is -0.635. The van der Waals surface area contributed by atoms with Crippen LogP contribution in [0.5, 0.6) is 5.75 Å².